The van der Waals surface area contributed by atoms with Crippen LogP contribution in [0.15, 0.2) is 35.0 Å². The number of thioether (sulfide) groups is 2. The summed E-state index contributed by atoms with van der Waals surface area (Å²) in [6, 6.07) is 6.99. The van der Waals surface area contributed by atoms with E-state index in [9.17, 15) is 19.2 Å². The molecule has 8 heteroatoms. The van der Waals surface area contributed by atoms with Crippen molar-refractivity contribution < 1.29 is 19.2 Å². The van der Waals surface area contributed by atoms with Crippen molar-refractivity contribution in [3.05, 3.63) is 44.8 Å². The van der Waals surface area contributed by atoms with Gasteiger partial charge < -0.3 is 0 Å². The van der Waals surface area contributed by atoms with Crippen LogP contribution in [0.4, 0.5) is 0 Å². The molecule has 4 nitrogen and oxygen atoms in total. The second kappa shape index (κ2) is 13.2. The highest BCUT2D eigenvalue weighted by Crippen LogP contribution is 2.44. The molecule has 2 rings (SSSR count). The molecule has 0 amide bonds. The third-order valence-corrected chi connectivity index (χ3v) is 9.98. The Kier molecular flexibility index (Phi) is 11.5. The molecule has 0 unspecified atom stereocenters. The van der Waals surface area contributed by atoms with Gasteiger partial charge in [0.15, 0.2) is 11.6 Å². The van der Waals surface area contributed by atoms with Crippen LogP contribution in [0, 0.1) is 22.7 Å². The van der Waals surface area contributed by atoms with E-state index >= 15 is 0 Å². The molecule has 0 saturated carbocycles. The monoisotopic (exact) mass is 608 g/mol. The predicted molar refractivity (Wildman–Crippen MR) is 170 cm³/mol. The van der Waals surface area contributed by atoms with Crippen molar-refractivity contribution in [1.82, 2.24) is 0 Å². The Balaban J connectivity index is 2.55. The largest absolute Gasteiger partial charge is 0.293 e. The van der Waals surface area contributed by atoms with E-state index in [1.807, 2.05) is 33.1 Å². The van der Waals surface area contributed by atoms with Gasteiger partial charge in [0.2, 0.25) is 10.2 Å². The lowest BCUT2D eigenvalue weighted by atomic mass is 9.84. The van der Waals surface area contributed by atoms with Crippen LogP contribution in [0.1, 0.15) is 108 Å². The molecule has 1 atom stereocenters. The Morgan fingerprint density at radius 3 is 1.46 bits per heavy atom. The van der Waals surface area contributed by atoms with Gasteiger partial charge in [0, 0.05) is 21.8 Å². The summed E-state index contributed by atoms with van der Waals surface area (Å²) in [5, 5.41) is 2.95. The van der Waals surface area contributed by atoms with E-state index in [1.165, 1.54) is 22.7 Å². The minimum absolute atomic E-state index is 0.0267. The summed E-state index contributed by atoms with van der Waals surface area (Å²) in [6.45, 7) is 20.8. The highest BCUT2D eigenvalue weighted by atomic mass is 32.2. The smallest absolute Gasteiger partial charge is 0.201 e. The lowest BCUT2D eigenvalue weighted by Crippen LogP contribution is -2.39. The molecule has 0 aliphatic carbocycles. The van der Waals surface area contributed by atoms with Crippen molar-refractivity contribution in [3.63, 3.8) is 0 Å². The van der Waals surface area contributed by atoms with Crippen LogP contribution in [0.5, 0.6) is 0 Å². The number of rotatable bonds is 12. The lowest BCUT2D eigenvalue weighted by molar-refractivity contribution is -0.124. The zero-order valence-corrected chi connectivity index (χ0v) is 28.3. The molecule has 0 N–H and O–H groups in total. The topological polar surface area (TPSA) is 68.3 Å². The number of carbonyl (C=O) groups is 4. The molecular weight excluding hydrogens is 565 g/mol. The Labute approximate surface area is 251 Å². The van der Waals surface area contributed by atoms with E-state index in [1.54, 1.807) is 29.6 Å². The van der Waals surface area contributed by atoms with Gasteiger partial charge in [-0.05, 0) is 46.6 Å². The molecule has 2 aromatic rings. The fourth-order valence-corrected chi connectivity index (χ4v) is 9.80. The number of Topliss-reactive ketones (excluding diaryl/α,β-unsaturated/α-hetero) is 2. The predicted octanol–water partition coefficient (Wildman–Crippen LogP) is 9.45. The molecule has 2 heterocycles. The fraction of sp³-hybridized carbons (Fsp3) is 0.613. The maximum absolute atomic E-state index is 14.1. The van der Waals surface area contributed by atoms with E-state index in [0.29, 0.717) is 9.75 Å². The maximum atomic E-state index is 14.1. The molecule has 0 aromatic carbocycles. The SMILES string of the molecule is CC(C)(C)CC(C)(C)SC(=O)C(C(=O)SC(C)(C)CC(C)(C)C)[C@H](CC(=O)c1cccs1)C(=O)c1cccs1. The van der Waals surface area contributed by atoms with Crippen molar-refractivity contribution in [1.29, 1.82) is 0 Å². The normalized spacial score (nSPS) is 13.9. The zero-order chi connectivity index (χ0) is 29.8. The van der Waals surface area contributed by atoms with Crippen molar-refractivity contribution >= 4 is 68.0 Å². The van der Waals surface area contributed by atoms with Crippen LogP contribution in [-0.2, 0) is 9.59 Å². The van der Waals surface area contributed by atoms with Crippen LogP contribution in [0.3, 0.4) is 0 Å². The van der Waals surface area contributed by atoms with Gasteiger partial charge in [-0.15, -0.1) is 22.7 Å². The number of thiophene rings is 2. The van der Waals surface area contributed by atoms with E-state index in [4.69, 9.17) is 0 Å². The standard InChI is InChI=1S/C31H44O4S4/c1-28(2,3)18-30(7,8)38-26(34)24(27(35)39-31(9,10)19-29(4,5)6)20(25(33)23-14-12-16-37-23)17-21(32)22-13-11-15-36-22/h11-16,20,24H,17-19H2,1-10H3/t20-/m0/s1. The van der Waals surface area contributed by atoms with Crippen LogP contribution in [0.25, 0.3) is 0 Å². The molecule has 0 radical (unpaired) electrons. The molecule has 0 bridgehead atoms. The Bertz CT molecular complexity index is 1090. The van der Waals surface area contributed by atoms with Crippen molar-refractivity contribution in [3.8, 4) is 0 Å². The first-order valence-electron chi connectivity index (χ1n) is 13.3. The van der Waals surface area contributed by atoms with E-state index in [0.717, 1.165) is 36.4 Å². The second-order valence-corrected chi connectivity index (χ2v) is 19.2. The number of ketones is 2. The van der Waals surface area contributed by atoms with Crippen LogP contribution < -0.4 is 0 Å². The molecule has 0 saturated heterocycles. The summed E-state index contributed by atoms with van der Waals surface area (Å²) in [5.74, 6) is -2.82. The van der Waals surface area contributed by atoms with Crippen LogP contribution >= 0.6 is 46.2 Å². The fourth-order valence-electron chi connectivity index (χ4n) is 5.42. The van der Waals surface area contributed by atoms with E-state index < -0.39 is 21.3 Å². The second-order valence-electron chi connectivity index (χ2n) is 13.9. The minimum Gasteiger partial charge on any atom is -0.293 e. The van der Waals surface area contributed by atoms with Gasteiger partial charge in [0.05, 0.1) is 9.75 Å². The zero-order valence-electron chi connectivity index (χ0n) is 25.0. The number of hydrogen-bond acceptors (Lipinski definition) is 8. The van der Waals surface area contributed by atoms with E-state index in [2.05, 4.69) is 41.5 Å². The Morgan fingerprint density at radius 1 is 0.692 bits per heavy atom. The summed E-state index contributed by atoms with van der Waals surface area (Å²) in [7, 11) is 0. The maximum Gasteiger partial charge on any atom is 0.201 e. The highest BCUT2D eigenvalue weighted by molar-refractivity contribution is 8.16. The first kappa shape index (κ1) is 34.0. The first-order chi connectivity index (χ1) is 17.7. The molecular formula is C31H44O4S4. The van der Waals surface area contributed by atoms with Crippen LogP contribution in [-0.4, -0.2) is 31.3 Å². The van der Waals surface area contributed by atoms with Gasteiger partial charge in [0.1, 0.15) is 5.92 Å². The summed E-state index contributed by atoms with van der Waals surface area (Å²) >= 11 is 4.86. The number of carbonyl (C=O) groups excluding carboxylic acids is 4. The van der Waals surface area contributed by atoms with Gasteiger partial charge in [-0.2, -0.15) is 0 Å². The lowest BCUT2D eigenvalue weighted by Gasteiger charge is -2.35. The van der Waals surface area contributed by atoms with Gasteiger partial charge in [-0.1, -0.05) is 105 Å². The van der Waals surface area contributed by atoms with Gasteiger partial charge in [-0.25, -0.2) is 0 Å². The Hall–Kier alpha value is -1.22. The van der Waals surface area contributed by atoms with Crippen molar-refractivity contribution in [2.75, 3.05) is 0 Å². The first-order valence-corrected chi connectivity index (χ1v) is 16.7. The molecule has 216 valence electrons. The van der Waals surface area contributed by atoms with Crippen molar-refractivity contribution in [2.45, 2.75) is 98.0 Å². The summed E-state index contributed by atoms with van der Waals surface area (Å²) in [6.07, 6.45) is 1.31. The van der Waals surface area contributed by atoms with Gasteiger partial charge >= 0.3 is 0 Å². The minimum atomic E-state index is -1.23. The molecule has 0 aliphatic rings. The summed E-state index contributed by atoms with van der Waals surface area (Å²) < 4.78 is -0.901. The van der Waals surface area contributed by atoms with Crippen molar-refractivity contribution in [2.24, 2.45) is 22.7 Å². The number of hydrogen-bond donors (Lipinski definition) is 0. The molecule has 2 aromatic heterocycles. The molecule has 0 spiro atoms. The van der Waals surface area contributed by atoms with Gasteiger partial charge in [-0.3, -0.25) is 19.2 Å². The van der Waals surface area contributed by atoms with Crippen LogP contribution in [0.2, 0.25) is 0 Å². The third kappa shape index (κ3) is 11.3. The molecule has 0 aliphatic heterocycles. The highest BCUT2D eigenvalue weighted by Gasteiger charge is 2.45. The van der Waals surface area contributed by atoms with E-state index in [-0.39, 0.29) is 39.0 Å². The molecule has 39 heavy (non-hydrogen) atoms. The van der Waals surface area contributed by atoms with Gasteiger partial charge in [0.25, 0.3) is 0 Å². The Morgan fingerprint density at radius 2 is 1.10 bits per heavy atom. The summed E-state index contributed by atoms with van der Waals surface area (Å²) in [5.41, 5.74) is -0.0534. The average Bonchev–Trinajstić information content (AvgIpc) is 3.42. The average molecular weight is 609 g/mol. The molecule has 0 fully saturated rings. The quantitative estimate of drug-likeness (QED) is 0.177. The summed E-state index contributed by atoms with van der Waals surface area (Å²) in [4.78, 5) is 56.4. The third-order valence-electron chi connectivity index (χ3n) is 5.88.